The van der Waals surface area contributed by atoms with Gasteiger partial charge in [-0.1, -0.05) is 29.8 Å². The Kier molecular flexibility index (Phi) is 8.21. The van der Waals surface area contributed by atoms with Crippen molar-refractivity contribution in [3.63, 3.8) is 0 Å². The number of nitrogens with zero attached hydrogens (tertiary/aromatic N) is 2. The Morgan fingerprint density at radius 1 is 1.08 bits per heavy atom. The molecule has 1 atom stereocenters. The minimum Gasteiger partial charge on any atom is -0.507 e. The Morgan fingerprint density at radius 2 is 1.77 bits per heavy atom. The molecule has 1 unspecified atom stereocenters. The number of rotatable bonds is 8. The van der Waals surface area contributed by atoms with Gasteiger partial charge in [0.25, 0.3) is 11.7 Å². The first kappa shape index (κ1) is 27.7. The molecule has 4 rings (SSSR count). The van der Waals surface area contributed by atoms with E-state index in [1.165, 1.54) is 37.4 Å². The van der Waals surface area contributed by atoms with Crippen LogP contribution in [0.3, 0.4) is 0 Å². The molecule has 0 bridgehead atoms. The third-order valence-corrected chi connectivity index (χ3v) is 6.40. The second kappa shape index (κ2) is 11.6. The van der Waals surface area contributed by atoms with Crippen LogP contribution in [-0.4, -0.2) is 48.1 Å². The normalized spacial score (nSPS) is 16.5. The van der Waals surface area contributed by atoms with E-state index in [2.05, 4.69) is 4.98 Å². The summed E-state index contributed by atoms with van der Waals surface area (Å²) in [5.41, 5.74) is 1.55. The van der Waals surface area contributed by atoms with E-state index in [0.29, 0.717) is 16.8 Å². The lowest BCUT2D eigenvalue weighted by Crippen LogP contribution is -2.29. The van der Waals surface area contributed by atoms with Gasteiger partial charge in [-0.25, -0.2) is 0 Å². The lowest BCUT2D eigenvalue weighted by Gasteiger charge is -2.25. The molecule has 202 valence electrons. The number of pyridine rings is 1. The van der Waals surface area contributed by atoms with E-state index >= 15 is 0 Å². The molecule has 0 radical (unpaired) electrons. The predicted octanol–water partition coefficient (Wildman–Crippen LogP) is 4.87. The van der Waals surface area contributed by atoms with Crippen molar-refractivity contribution in [3.8, 4) is 11.5 Å². The molecule has 1 aliphatic heterocycles. The fraction of sp³-hybridized carbons (Fsp3) is 0.241. The smallest absolute Gasteiger partial charge is 0.310 e. The molecule has 1 aliphatic rings. The number of ether oxygens (including phenoxy) is 3. The van der Waals surface area contributed by atoms with E-state index in [1.807, 2.05) is 0 Å². The average molecular weight is 551 g/mol. The molecule has 2 aromatic carbocycles. The molecule has 3 aromatic rings. The van der Waals surface area contributed by atoms with Gasteiger partial charge in [0.2, 0.25) is 0 Å². The number of aromatic nitrogens is 1. The van der Waals surface area contributed by atoms with E-state index in [4.69, 9.17) is 25.8 Å². The number of hydrogen-bond acceptors (Lipinski definition) is 8. The number of carbonyl (C=O) groups excluding carboxylic acids is 3. The molecule has 1 aromatic heterocycles. The Bertz CT molecular complexity index is 1440. The fourth-order valence-corrected chi connectivity index (χ4v) is 4.62. The van der Waals surface area contributed by atoms with Crippen LogP contribution < -0.4 is 14.4 Å². The summed E-state index contributed by atoms with van der Waals surface area (Å²) in [7, 11) is 2.81. The molecule has 0 spiro atoms. The number of halogens is 1. The quantitative estimate of drug-likeness (QED) is 0.183. The second-order valence-electron chi connectivity index (χ2n) is 9.02. The third-order valence-electron chi connectivity index (χ3n) is 6.10. The first-order chi connectivity index (χ1) is 18.7. The molecular weight excluding hydrogens is 524 g/mol. The van der Waals surface area contributed by atoms with Gasteiger partial charge in [-0.15, -0.1) is 0 Å². The van der Waals surface area contributed by atoms with Gasteiger partial charge in [-0.05, 0) is 49.2 Å². The Morgan fingerprint density at radius 3 is 2.36 bits per heavy atom. The number of ketones is 1. The molecule has 10 heteroatoms. The number of aliphatic hydroxyl groups is 1. The first-order valence-corrected chi connectivity index (χ1v) is 12.4. The topological polar surface area (TPSA) is 115 Å². The number of amides is 1. The maximum absolute atomic E-state index is 13.4. The maximum atomic E-state index is 13.4. The molecule has 1 saturated heterocycles. The van der Waals surface area contributed by atoms with Crippen molar-refractivity contribution in [2.45, 2.75) is 32.4 Å². The molecule has 2 heterocycles. The van der Waals surface area contributed by atoms with Crippen LogP contribution in [-0.2, 0) is 25.5 Å². The largest absolute Gasteiger partial charge is 0.507 e. The highest BCUT2D eigenvalue weighted by Crippen LogP contribution is 2.44. The zero-order chi connectivity index (χ0) is 28.3. The Hall–Kier alpha value is -4.37. The summed E-state index contributed by atoms with van der Waals surface area (Å²) >= 11 is 6.22. The van der Waals surface area contributed by atoms with Crippen LogP contribution in [0.25, 0.3) is 5.76 Å². The number of benzene rings is 2. The summed E-state index contributed by atoms with van der Waals surface area (Å²) in [6.07, 6.45) is 2.91. The summed E-state index contributed by atoms with van der Waals surface area (Å²) in [6, 6.07) is 11.9. The lowest BCUT2D eigenvalue weighted by molar-refractivity contribution is -0.146. The van der Waals surface area contributed by atoms with E-state index in [9.17, 15) is 19.5 Å². The highest BCUT2D eigenvalue weighted by Gasteiger charge is 2.47. The van der Waals surface area contributed by atoms with Gasteiger partial charge in [0.05, 0.1) is 48.9 Å². The SMILES string of the molecule is COc1cc(/C(O)=C2\C(=O)C(=O)N(c3ccc(CC(=O)OC(C)C)cc3)C2c2cccnc2)c(OC)cc1Cl. The lowest BCUT2D eigenvalue weighted by atomic mass is 9.95. The van der Waals surface area contributed by atoms with Crippen molar-refractivity contribution in [3.05, 3.63) is 88.2 Å². The standard InChI is InChI=1S/C29H27ClN2O7/c1-16(2)39-24(33)12-17-7-9-19(10-8-17)32-26(18-6-5-11-31-15-18)25(28(35)29(32)36)27(34)20-13-23(38-4)21(30)14-22(20)37-3/h5-11,13-16,26,34H,12H2,1-4H3/b27-25+. The second-order valence-corrected chi connectivity index (χ2v) is 9.43. The number of esters is 1. The van der Waals surface area contributed by atoms with Crippen LogP contribution in [0, 0.1) is 0 Å². The number of hydrogen-bond donors (Lipinski definition) is 1. The summed E-state index contributed by atoms with van der Waals surface area (Å²) < 4.78 is 15.9. The minimum absolute atomic E-state index is 0.0570. The van der Waals surface area contributed by atoms with E-state index in [-0.39, 0.29) is 46.2 Å². The summed E-state index contributed by atoms with van der Waals surface area (Å²) in [5.74, 6) is -2.12. The number of carbonyl (C=O) groups is 3. The van der Waals surface area contributed by atoms with Gasteiger partial charge in [-0.2, -0.15) is 0 Å². The molecule has 9 nitrogen and oxygen atoms in total. The zero-order valence-corrected chi connectivity index (χ0v) is 22.6. The van der Waals surface area contributed by atoms with Crippen LogP contribution in [0.2, 0.25) is 5.02 Å². The maximum Gasteiger partial charge on any atom is 0.310 e. The van der Waals surface area contributed by atoms with Crippen molar-refractivity contribution in [1.82, 2.24) is 4.98 Å². The third kappa shape index (κ3) is 5.58. The molecule has 1 amide bonds. The number of aliphatic hydroxyl groups excluding tert-OH is 1. The molecule has 1 fully saturated rings. The number of anilines is 1. The van der Waals surface area contributed by atoms with Gasteiger partial charge in [-0.3, -0.25) is 24.3 Å². The highest BCUT2D eigenvalue weighted by molar-refractivity contribution is 6.51. The summed E-state index contributed by atoms with van der Waals surface area (Å²) in [4.78, 5) is 44.4. The Balaban J connectivity index is 1.83. The van der Waals surface area contributed by atoms with E-state index in [0.717, 1.165) is 0 Å². The first-order valence-electron chi connectivity index (χ1n) is 12.1. The molecule has 39 heavy (non-hydrogen) atoms. The van der Waals surface area contributed by atoms with Gasteiger partial charge >= 0.3 is 5.97 Å². The van der Waals surface area contributed by atoms with Crippen LogP contribution in [0.5, 0.6) is 11.5 Å². The van der Waals surface area contributed by atoms with Crippen LogP contribution in [0.4, 0.5) is 5.69 Å². The number of methoxy groups -OCH3 is 2. The van der Waals surface area contributed by atoms with Crippen LogP contribution >= 0.6 is 11.6 Å². The van der Waals surface area contributed by atoms with Crippen molar-refractivity contribution < 1.29 is 33.7 Å². The molecule has 0 saturated carbocycles. The van der Waals surface area contributed by atoms with Crippen molar-refractivity contribution >= 4 is 40.7 Å². The van der Waals surface area contributed by atoms with Crippen LogP contribution in [0.15, 0.2) is 66.5 Å². The van der Waals surface area contributed by atoms with Crippen molar-refractivity contribution in [2.24, 2.45) is 0 Å². The number of Topliss-reactive ketones (excluding diaryl/α,β-unsaturated/α-hetero) is 1. The van der Waals surface area contributed by atoms with Gasteiger partial charge in [0.15, 0.2) is 0 Å². The minimum atomic E-state index is -0.998. The van der Waals surface area contributed by atoms with Crippen molar-refractivity contribution in [2.75, 3.05) is 19.1 Å². The molecule has 0 aliphatic carbocycles. The van der Waals surface area contributed by atoms with Gasteiger partial charge in [0, 0.05) is 24.1 Å². The van der Waals surface area contributed by atoms with Gasteiger partial charge in [0.1, 0.15) is 17.3 Å². The van der Waals surface area contributed by atoms with Gasteiger partial charge < -0.3 is 19.3 Å². The van der Waals surface area contributed by atoms with Crippen molar-refractivity contribution in [1.29, 1.82) is 0 Å². The molecular formula is C29H27ClN2O7. The fourth-order valence-electron chi connectivity index (χ4n) is 4.39. The monoisotopic (exact) mass is 550 g/mol. The summed E-state index contributed by atoms with van der Waals surface area (Å²) in [5, 5.41) is 11.7. The predicted molar refractivity (Wildman–Crippen MR) is 145 cm³/mol. The average Bonchev–Trinajstić information content (AvgIpc) is 3.18. The van der Waals surface area contributed by atoms with E-state index < -0.39 is 23.5 Å². The molecule has 1 N–H and O–H groups in total. The highest BCUT2D eigenvalue weighted by atomic mass is 35.5. The zero-order valence-electron chi connectivity index (χ0n) is 21.8. The summed E-state index contributed by atoms with van der Waals surface area (Å²) in [6.45, 7) is 3.54. The Labute approximate surface area is 230 Å². The van der Waals surface area contributed by atoms with Crippen LogP contribution in [0.1, 0.15) is 36.6 Å². The van der Waals surface area contributed by atoms with E-state index in [1.54, 1.807) is 56.4 Å².